The van der Waals surface area contributed by atoms with Gasteiger partial charge in [-0.3, -0.25) is 9.59 Å². The molecule has 0 unspecified atom stereocenters. The summed E-state index contributed by atoms with van der Waals surface area (Å²) in [6.07, 6.45) is 0. The van der Waals surface area contributed by atoms with Crippen LogP contribution in [0.15, 0.2) is 4.52 Å². The number of carboxylic acid groups (broad SMARTS) is 1. The number of likely N-dealkylation sites (N-methyl/N-ethyl adjacent to an activating group) is 1. The second kappa shape index (κ2) is 5.66. The van der Waals surface area contributed by atoms with Crippen LogP contribution in [0.5, 0.6) is 0 Å². The Kier molecular flexibility index (Phi) is 4.47. The van der Waals surface area contributed by atoms with E-state index in [1.807, 2.05) is 13.8 Å². The first-order chi connectivity index (χ1) is 8.38. The first-order valence-electron chi connectivity index (χ1n) is 5.85. The minimum absolute atomic E-state index is 0.0219. The van der Waals surface area contributed by atoms with Crippen LogP contribution in [0.4, 0.5) is 0 Å². The lowest BCUT2D eigenvalue weighted by Crippen LogP contribution is -2.36. The van der Waals surface area contributed by atoms with Crippen LogP contribution in [0, 0.1) is 6.92 Å². The molecule has 6 heteroatoms. The van der Waals surface area contributed by atoms with Crippen molar-refractivity contribution < 1.29 is 19.2 Å². The fraction of sp³-hybridized carbons (Fsp3) is 0.583. The Morgan fingerprint density at radius 3 is 2.50 bits per heavy atom. The fourth-order valence-electron chi connectivity index (χ4n) is 1.69. The van der Waals surface area contributed by atoms with Gasteiger partial charge in [-0.15, -0.1) is 0 Å². The van der Waals surface area contributed by atoms with E-state index in [1.54, 1.807) is 13.8 Å². The van der Waals surface area contributed by atoms with Crippen LogP contribution < -0.4 is 0 Å². The van der Waals surface area contributed by atoms with E-state index < -0.39 is 5.97 Å². The summed E-state index contributed by atoms with van der Waals surface area (Å²) < 4.78 is 5.13. The average Bonchev–Trinajstić information content (AvgIpc) is 2.66. The minimum Gasteiger partial charge on any atom is -0.480 e. The molecule has 0 saturated carbocycles. The van der Waals surface area contributed by atoms with Crippen LogP contribution in [-0.2, 0) is 4.79 Å². The number of nitrogens with zero attached hydrogens (tertiary/aromatic N) is 2. The molecule has 6 nitrogen and oxygen atoms in total. The molecule has 0 aromatic carbocycles. The molecule has 1 aromatic rings. The van der Waals surface area contributed by atoms with Gasteiger partial charge in [-0.1, -0.05) is 19.0 Å². The van der Waals surface area contributed by atoms with Gasteiger partial charge in [0.15, 0.2) is 5.76 Å². The summed E-state index contributed by atoms with van der Waals surface area (Å²) >= 11 is 0. The van der Waals surface area contributed by atoms with Crippen LogP contribution in [-0.4, -0.2) is 40.1 Å². The smallest absolute Gasteiger partial charge is 0.323 e. The molecule has 0 spiro atoms. The molecule has 0 aliphatic rings. The monoisotopic (exact) mass is 254 g/mol. The average molecular weight is 254 g/mol. The maximum Gasteiger partial charge on any atom is 0.323 e. The zero-order chi connectivity index (χ0) is 13.9. The lowest BCUT2D eigenvalue weighted by molar-refractivity contribution is -0.137. The maximum absolute atomic E-state index is 12.3. The van der Waals surface area contributed by atoms with Crippen molar-refractivity contribution in [2.45, 2.75) is 33.6 Å². The second-order valence-corrected chi connectivity index (χ2v) is 4.38. The maximum atomic E-state index is 12.3. The standard InChI is InChI=1S/C12H18N2O4/c1-5-14(6-9(15)16)12(17)10-8(4)13-18-11(10)7(2)3/h7H,5-6H2,1-4H3,(H,15,16). The van der Waals surface area contributed by atoms with Crippen LogP contribution in [0.1, 0.15) is 48.5 Å². The Morgan fingerprint density at radius 1 is 1.44 bits per heavy atom. The van der Waals surface area contributed by atoms with Crippen molar-refractivity contribution in [3.63, 3.8) is 0 Å². The zero-order valence-electron chi connectivity index (χ0n) is 11.1. The predicted octanol–water partition coefficient (Wildman–Crippen LogP) is 1.65. The van der Waals surface area contributed by atoms with E-state index in [0.717, 1.165) is 0 Å². The number of carboxylic acids is 1. The Balaban J connectivity index is 3.08. The molecule has 1 heterocycles. The summed E-state index contributed by atoms with van der Waals surface area (Å²) in [6, 6.07) is 0. The molecule has 18 heavy (non-hydrogen) atoms. The van der Waals surface area contributed by atoms with E-state index in [1.165, 1.54) is 4.90 Å². The van der Waals surface area contributed by atoms with Crippen LogP contribution in [0.2, 0.25) is 0 Å². The van der Waals surface area contributed by atoms with Gasteiger partial charge < -0.3 is 14.5 Å². The van der Waals surface area contributed by atoms with Crippen molar-refractivity contribution in [1.29, 1.82) is 0 Å². The Morgan fingerprint density at radius 2 is 2.06 bits per heavy atom. The zero-order valence-corrected chi connectivity index (χ0v) is 11.1. The molecule has 0 aliphatic heterocycles. The highest BCUT2D eigenvalue weighted by atomic mass is 16.5. The molecular weight excluding hydrogens is 236 g/mol. The molecule has 1 N–H and O–H groups in total. The number of rotatable bonds is 5. The number of hydrogen-bond acceptors (Lipinski definition) is 4. The summed E-state index contributed by atoms with van der Waals surface area (Å²) in [5.74, 6) is -0.859. The van der Waals surface area contributed by atoms with Crippen molar-refractivity contribution in [2.75, 3.05) is 13.1 Å². The highest BCUT2D eigenvalue weighted by Gasteiger charge is 2.26. The van der Waals surface area contributed by atoms with Crippen molar-refractivity contribution in [2.24, 2.45) is 0 Å². The summed E-state index contributed by atoms with van der Waals surface area (Å²) in [5.41, 5.74) is 0.876. The third-order valence-corrected chi connectivity index (χ3v) is 2.62. The van der Waals surface area contributed by atoms with Gasteiger partial charge in [-0.05, 0) is 13.8 Å². The second-order valence-electron chi connectivity index (χ2n) is 4.38. The third-order valence-electron chi connectivity index (χ3n) is 2.62. The van der Waals surface area contributed by atoms with Crippen molar-refractivity contribution >= 4 is 11.9 Å². The number of hydrogen-bond donors (Lipinski definition) is 1. The molecule has 0 bridgehead atoms. The van der Waals surface area contributed by atoms with Gasteiger partial charge in [0.2, 0.25) is 0 Å². The Bertz CT molecular complexity index is 451. The molecule has 1 amide bonds. The van der Waals surface area contributed by atoms with Gasteiger partial charge in [0.1, 0.15) is 12.1 Å². The lowest BCUT2D eigenvalue weighted by Gasteiger charge is -2.18. The molecule has 0 aliphatic carbocycles. The van der Waals surface area contributed by atoms with Crippen LogP contribution >= 0.6 is 0 Å². The Hall–Kier alpha value is -1.85. The number of aryl methyl sites for hydroxylation is 1. The topological polar surface area (TPSA) is 83.6 Å². The highest BCUT2D eigenvalue weighted by molar-refractivity contribution is 5.97. The third kappa shape index (κ3) is 2.88. The first kappa shape index (κ1) is 14.2. The lowest BCUT2D eigenvalue weighted by atomic mass is 10.0. The summed E-state index contributed by atoms with van der Waals surface area (Å²) in [6.45, 7) is 7.20. The minimum atomic E-state index is -1.04. The number of aromatic nitrogens is 1. The highest BCUT2D eigenvalue weighted by Crippen LogP contribution is 2.23. The summed E-state index contributed by atoms with van der Waals surface area (Å²) in [7, 11) is 0. The SMILES string of the molecule is CCN(CC(=O)O)C(=O)c1c(C)noc1C(C)C. The van der Waals surface area contributed by atoms with Crippen molar-refractivity contribution in [3.05, 3.63) is 17.0 Å². The van der Waals surface area contributed by atoms with Gasteiger partial charge >= 0.3 is 5.97 Å². The van der Waals surface area contributed by atoms with E-state index in [-0.39, 0.29) is 18.4 Å². The molecule has 0 atom stereocenters. The Labute approximate surface area is 106 Å². The number of amides is 1. The largest absolute Gasteiger partial charge is 0.480 e. The molecule has 100 valence electrons. The summed E-state index contributed by atoms with van der Waals surface area (Å²) in [4.78, 5) is 24.3. The summed E-state index contributed by atoms with van der Waals surface area (Å²) in [5, 5.41) is 12.6. The fourth-order valence-corrected chi connectivity index (χ4v) is 1.69. The van der Waals surface area contributed by atoms with Gasteiger partial charge in [-0.2, -0.15) is 0 Å². The van der Waals surface area contributed by atoms with Gasteiger partial charge in [0.25, 0.3) is 5.91 Å². The van der Waals surface area contributed by atoms with Gasteiger partial charge in [0.05, 0.1) is 5.69 Å². The number of carbonyl (C=O) groups is 2. The number of carbonyl (C=O) groups excluding carboxylic acids is 1. The quantitative estimate of drug-likeness (QED) is 0.863. The van der Waals surface area contributed by atoms with Crippen molar-refractivity contribution in [3.8, 4) is 0 Å². The first-order valence-corrected chi connectivity index (χ1v) is 5.85. The van der Waals surface area contributed by atoms with E-state index in [0.29, 0.717) is 23.6 Å². The molecular formula is C12H18N2O4. The van der Waals surface area contributed by atoms with Crippen molar-refractivity contribution in [1.82, 2.24) is 10.1 Å². The molecule has 1 rings (SSSR count). The number of aliphatic carboxylic acids is 1. The molecule has 0 radical (unpaired) electrons. The van der Waals surface area contributed by atoms with Crippen LogP contribution in [0.25, 0.3) is 0 Å². The molecule has 0 fully saturated rings. The molecule has 1 aromatic heterocycles. The van der Waals surface area contributed by atoms with Crippen LogP contribution in [0.3, 0.4) is 0 Å². The van der Waals surface area contributed by atoms with Gasteiger partial charge in [-0.25, -0.2) is 0 Å². The van der Waals surface area contributed by atoms with E-state index in [9.17, 15) is 9.59 Å². The van der Waals surface area contributed by atoms with E-state index >= 15 is 0 Å². The predicted molar refractivity (Wildman–Crippen MR) is 64.5 cm³/mol. The van der Waals surface area contributed by atoms with E-state index in [4.69, 9.17) is 9.63 Å². The van der Waals surface area contributed by atoms with Gasteiger partial charge in [0, 0.05) is 12.5 Å². The normalized spacial score (nSPS) is 10.7. The molecule has 0 saturated heterocycles. The van der Waals surface area contributed by atoms with E-state index in [2.05, 4.69) is 5.16 Å².